The SMILES string of the molecule is NC1C2CCC(C2)C1C(=O)NC1CCCCC1C(=O)O. The van der Waals surface area contributed by atoms with E-state index in [1.54, 1.807) is 0 Å². The van der Waals surface area contributed by atoms with Crippen LogP contribution in [-0.4, -0.2) is 29.1 Å². The number of nitrogens with two attached hydrogens (primary N) is 1. The standard InChI is InChI=1S/C15H24N2O3/c16-13-9-6-5-8(7-9)12(13)14(18)17-11-4-2-1-3-10(11)15(19)20/h8-13H,1-7,16H2,(H,17,18)(H,19,20). The summed E-state index contributed by atoms with van der Waals surface area (Å²) in [4.78, 5) is 23.8. The number of carboxylic acid groups (broad SMARTS) is 1. The van der Waals surface area contributed by atoms with Crippen LogP contribution in [0.25, 0.3) is 0 Å². The first-order valence-corrected chi connectivity index (χ1v) is 7.86. The molecule has 0 aromatic rings. The van der Waals surface area contributed by atoms with Crippen LogP contribution >= 0.6 is 0 Å². The average Bonchev–Trinajstić information content (AvgIpc) is 2.99. The van der Waals surface area contributed by atoms with E-state index in [4.69, 9.17) is 5.73 Å². The molecule has 1 amide bonds. The highest BCUT2D eigenvalue weighted by molar-refractivity contribution is 5.82. The fourth-order valence-corrected chi connectivity index (χ4v) is 4.60. The Morgan fingerprint density at radius 1 is 1.05 bits per heavy atom. The van der Waals surface area contributed by atoms with Gasteiger partial charge in [-0.2, -0.15) is 0 Å². The third-order valence-electron chi connectivity index (χ3n) is 5.69. The number of nitrogens with one attached hydrogen (secondary N) is 1. The minimum atomic E-state index is -0.785. The highest BCUT2D eigenvalue weighted by atomic mass is 16.4. The molecule has 5 heteroatoms. The van der Waals surface area contributed by atoms with Crippen LogP contribution < -0.4 is 11.1 Å². The molecule has 0 heterocycles. The lowest BCUT2D eigenvalue weighted by Crippen LogP contribution is -2.51. The van der Waals surface area contributed by atoms with Crippen LogP contribution in [-0.2, 0) is 9.59 Å². The summed E-state index contributed by atoms with van der Waals surface area (Å²) in [6, 6.07) is -0.235. The number of amides is 1. The number of hydrogen-bond acceptors (Lipinski definition) is 3. The van der Waals surface area contributed by atoms with Gasteiger partial charge < -0.3 is 16.2 Å². The normalized spacial score (nSPS) is 43.5. The van der Waals surface area contributed by atoms with Crippen LogP contribution in [0, 0.1) is 23.7 Å². The summed E-state index contributed by atoms with van der Waals surface area (Å²) < 4.78 is 0. The molecule has 3 aliphatic rings. The van der Waals surface area contributed by atoms with E-state index in [9.17, 15) is 14.7 Å². The van der Waals surface area contributed by atoms with E-state index in [1.165, 1.54) is 0 Å². The van der Waals surface area contributed by atoms with Crippen molar-refractivity contribution in [1.82, 2.24) is 5.32 Å². The molecule has 6 atom stereocenters. The monoisotopic (exact) mass is 280 g/mol. The Morgan fingerprint density at radius 3 is 2.40 bits per heavy atom. The molecule has 3 fully saturated rings. The first kappa shape index (κ1) is 13.9. The van der Waals surface area contributed by atoms with Gasteiger partial charge in [0.2, 0.25) is 5.91 Å². The molecule has 0 aromatic heterocycles. The Morgan fingerprint density at radius 2 is 1.75 bits per heavy atom. The van der Waals surface area contributed by atoms with Gasteiger partial charge in [0.15, 0.2) is 0 Å². The predicted octanol–water partition coefficient (Wildman–Crippen LogP) is 1.12. The van der Waals surface area contributed by atoms with Crippen molar-refractivity contribution in [3.63, 3.8) is 0 Å². The second kappa shape index (κ2) is 5.35. The number of carbonyl (C=O) groups is 2. The third kappa shape index (κ3) is 2.32. The molecule has 4 N–H and O–H groups in total. The van der Waals surface area contributed by atoms with E-state index in [0.717, 1.165) is 38.5 Å². The van der Waals surface area contributed by atoms with Crippen LogP contribution in [0.1, 0.15) is 44.9 Å². The summed E-state index contributed by atoms with van der Waals surface area (Å²) in [7, 11) is 0. The Hall–Kier alpha value is -1.10. The quantitative estimate of drug-likeness (QED) is 0.722. The number of hydrogen-bond donors (Lipinski definition) is 3. The molecule has 0 aliphatic heterocycles. The maximum Gasteiger partial charge on any atom is 0.308 e. The van der Waals surface area contributed by atoms with Crippen LogP contribution in [0.15, 0.2) is 0 Å². The van der Waals surface area contributed by atoms with Crippen LogP contribution in [0.2, 0.25) is 0 Å². The highest BCUT2D eigenvalue weighted by Gasteiger charge is 2.49. The second-order valence-corrected chi connectivity index (χ2v) is 6.78. The zero-order chi connectivity index (χ0) is 14.3. The largest absolute Gasteiger partial charge is 0.481 e. The summed E-state index contributed by atoms with van der Waals surface area (Å²) >= 11 is 0. The number of carboxylic acids is 1. The minimum absolute atomic E-state index is 0.00264. The van der Waals surface area contributed by atoms with Crippen LogP contribution in [0.5, 0.6) is 0 Å². The van der Waals surface area contributed by atoms with E-state index in [-0.39, 0.29) is 23.9 Å². The van der Waals surface area contributed by atoms with Gasteiger partial charge in [-0.15, -0.1) is 0 Å². The van der Waals surface area contributed by atoms with E-state index < -0.39 is 11.9 Å². The van der Waals surface area contributed by atoms with E-state index in [2.05, 4.69) is 5.32 Å². The first-order valence-electron chi connectivity index (χ1n) is 7.86. The number of fused-ring (bicyclic) bond motifs is 2. The lowest BCUT2D eigenvalue weighted by Gasteiger charge is -2.33. The lowest BCUT2D eigenvalue weighted by atomic mass is 9.81. The van der Waals surface area contributed by atoms with Crippen molar-refractivity contribution in [2.75, 3.05) is 0 Å². The van der Waals surface area contributed by atoms with Gasteiger partial charge in [0.1, 0.15) is 0 Å². The van der Waals surface area contributed by atoms with Crippen molar-refractivity contribution in [3.8, 4) is 0 Å². The molecule has 6 unspecified atom stereocenters. The van der Waals surface area contributed by atoms with Crippen molar-refractivity contribution >= 4 is 11.9 Å². The molecule has 3 aliphatic carbocycles. The van der Waals surface area contributed by atoms with Gasteiger partial charge in [0.25, 0.3) is 0 Å². The highest BCUT2D eigenvalue weighted by Crippen LogP contribution is 2.47. The second-order valence-electron chi connectivity index (χ2n) is 6.78. The summed E-state index contributed by atoms with van der Waals surface area (Å²) in [6.45, 7) is 0. The fraction of sp³-hybridized carbons (Fsp3) is 0.867. The van der Waals surface area contributed by atoms with Gasteiger partial charge in [-0.1, -0.05) is 12.8 Å². The van der Waals surface area contributed by atoms with Gasteiger partial charge in [-0.3, -0.25) is 9.59 Å². The number of aliphatic carboxylic acids is 1. The van der Waals surface area contributed by atoms with Crippen LogP contribution in [0.3, 0.4) is 0 Å². The Labute approximate surface area is 119 Å². The smallest absolute Gasteiger partial charge is 0.308 e. The maximum absolute atomic E-state index is 12.5. The van der Waals surface area contributed by atoms with Crippen molar-refractivity contribution in [3.05, 3.63) is 0 Å². The molecule has 112 valence electrons. The zero-order valence-electron chi connectivity index (χ0n) is 11.8. The van der Waals surface area contributed by atoms with Gasteiger partial charge in [0.05, 0.1) is 11.8 Å². The molecular formula is C15H24N2O3. The first-order chi connectivity index (χ1) is 9.58. The average molecular weight is 280 g/mol. The van der Waals surface area contributed by atoms with Crippen molar-refractivity contribution in [2.24, 2.45) is 29.4 Å². The summed E-state index contributed by atoms with van der Waals surface area (Å²) in [5.74, 6) is -0.387. The molecule has 2 bridgehead atoms. The summed E-state index contributed by atoms with van der Waals surface area (Å²) in [6.07, 6.45) is 6.71. The van der Waals surface area contributed by atoms with Crippen molar-refractivity contribution in [2.45, 2.75) is 57.0 Å². The molecule has 3 rings (SSSR count). The molecule has 0 saturated heterocycles. The molecule has 20 heavy (non-hydrogen) atoms. The fourth-order valence-electron chi connectivity index (χ4n) is 4.60. The van der Waals surface area contributed by atoms with Gasteiger partial charge in [-0.05, 0) is 43.9 Å². The van der Waals surface area contributed by atoms with E-state index >= 15 is 0 Å². The minimum Gasteiger partial charge on any atom is -0.481 e. The van der Waals surface area contributed by atoms with Crippen LogP contribution in [0.4, 0.5) is 0 Å². The van der Waals surface area contributed by atoms with Gasteiger partial charge >= 0.3 is 5.97 Å². The molecular weight excluding hydrogens is 256 g/mol. The van der Waals surface area contributed by atoms with E-state index in [1.807, 2.05) is 0 Å². The maximum atomic E-state index is 12.5. The third-order valence-corrected chi connectivity index (χ3v) is 5.69. The zero-order valence-corrected chi connectivity index (χ0v) is 11.8. The number of rotatable bonds is 3. The van der Waals surface area contributed by atoms with Crippen molar-refractivity contribution in [1.29, 1.82) is 0 Å². The van der Waals surface area contributed by atoms with E-state index in [0.29, 0.717) is 18.3 Å². The number of carbonyl (C=O) groups excluding carboxylic acids is 1. The Bertz CT molecular complexity index is 410. The molecule has 0 radical (unpaired) electrons. The summed E-state index contributed by atoms with van der Waals surface area (Å²) in [5, 5.41) is 12.3. The lowest BCUT2D eigenvalue weighted by molar-refractivity contribution is -0.144. The topological polar surface area (TPSA) is 92.4 Å². The molecule has 3 saturated carbocycles. The predicted molar refractivity (Wildman–Crippen MR) is 73.8 cm³/mol. The Kier molecular flexibility index (Phi) is 3.71. The van der Waals surface area contributed by atoms with Gasteiger partial charge in [0, 0.05) is 12.1 Å². The summed E-state index contributed by atoms with van der Waals surface area (Å²) in [5.41, 5.74) is 6.19. The molecule has 0 spiro atoms. The molecule has 0 aromatic carbocycles. The van der Waals surface area contributed by atoms with Gasteiger partial charge in [-0.25, -0.2) is 0 Å². The Balaban J connectivity index is 1.64. The molecule has 5 nitrogen and oxygen atoms in total. The van der Waals surface area contributed by atoms with Crippen molar-refractivity contribution < 1.29 is 14.7 Å².